The molecule has 15 heavy (non-hydrogen) atoms. The third-order valence-electron chi connectivity index (χ3n) is 3.85. The average molecular weight is 210 g/mol. The molecule has 0 aromatic heterocycles. The van der Waals surface area contributed by atoms with Gasteiger partial charge in [0.1, 0.15) is 0 Å². The molecule has 0 spiro atoms. The van der Waals surface area contributed by atoms with Crippen LogP contribution in [-0.4, -0.2) is 36.1 Å². The van der Waals surface area contributed by atoms with Crippen molar-refractivity contribution < 1.29 is 0 Å². The maximum atomic E-state index is 3.61. The third kappa shape index (κ3) is 3.46. The zero-order valence-electron chi connectivity index (χ0n) is 10.6. The Balaban J connectivity index is 1.72. The molecule has 2 heteroatoms. The van der Waals surface area contributed by atoms with Gasteiger partial charge >= 0.3 is 0 Å². The Morgan fingerprint density at radius 1 is 1.33 bits per heavy atom. The van der Waals surface area contributed by atoms with Crippen LogP contribution >= 0.6 is 0 Å². The minimum atomic E-state index is 0.312. The molecule has 2 fully saturated rings. The Bertz CT molecular complexity index is 209. The van der Waals surface area contributed by atoms with Crippen molar-refractivity contribution in [2.45, 2.75) is 58.0 Å². The molecule has 1 atom stereocenters. The van der Waals surface area contributed by atoms with Crippen LogP contribution in [0.1, 0.15) is 46.5 Å². The quantitative estimate of drug-likeness (QED) is 0.765. The van der Waals surface area contributed by atoms with E-state index >= 15 is 0 Å². The van der Waals surface area contributed by atoms with Gasteiger partial charge in [-0.2, -0.15) is 0 Å². The van der Waals surface area contributed by atoms with Crippen LogP contribution in [0.4, 0.5) is 0 Å². The number of hydrogen-bond donors (Lipinski definition) is 1. The second kappa shape index (κ2) is 4.42. The van der Waals surface area contributed by atoms with Crippen LogP contribution in [0, 0.1) is 5.92 Å². The molecule has 1 saturated heterocycles. The van der Waals surface area contributed by atoms with Gasteiger partial charge in [0.25, 0.3) is 0 Å². The average Bonchev–Trinajstić information content (AvgIpc) is 2.95. The number of piperazine rings is 1. The van der Waals surface area contributed by atoms with Gasteiger partial charge in [0.15, 0.2) is 0 Å². The van der Waals surface area contributed by atoms with Crippen molar-refractivity contribution >= 4 is 0 Å². The van der Waals surface area contributed by atoms with Gasteiger partial charge in [-0.15, -0.1) is 0 Å². The van der Waals surface area contributed by atoms with Crippen LogP contribution in [0.15, 0.2) is 0 Å². The summed E-state index contributed by atoms with van der Waals surface area (Å²) in [7, 11) is 0. The lowest BCUT2D eigenvalue weighted by Crippen LogP contribution is -2.60. The van der Waals surface area contributed by atoms with E-state index in [1.165, 1.54) is 38.8 Å². The Morgan fingerprint density at radius 3 is 2.73 bits per heavy atom. The Hall–Kier alpha value is -0.0800. The second-order valence-electron chi connectivity index (χ2n) is 6.17. The standard InChI is InChI=1S/C13H26N2/c1-11-9-14-13(2,3)10-15(11)8-4-5-12-6-7-12/h11-12,14H,4-10H2,1-3H3. The Kier molecular flexibility index (Phi) is 3.36. The van der Waals surface area contributed by atoms with E-state index in [-0.39, 0.29) is 0 Å². The molecule has 1 N–H and O–H groups in total. The fraction of sp³-hybridized carbons (Fsp3) is 1.00. The van der Waals surface area contributed by atoms with Gasteiger partial charge < -0.3 is 5.32 Å². The predicted octanol–water partition coefficient (Wildman–Crippen LogP) is 2.25. The minimum Gasteiger partial charge on any atom is -0.309 e. The molecular weight excluding hydrogens is 184 g/mol. The molecular formula is C13H26N2. The topological polar surface area (TPSA) is 15.3 Å². The first-order valence-electron chi connectivity index (χ1n) is 6.56. The molecule has 1 aliphatic heterocycles. The van der Waals surface area contributed by atoms with Crippen molar-refractivity contribution in [3.63, 3.8) is 0 Å². The van der Waals surface area contributed by atoms with Gasteiger partial charge in [0, 0.05) is 24.7 Å². The molecule has 1 saturated carbocycles. The van der Waals surface area contributed by atoms with Gasteiger partial charge in [-0.1, -0.05) is 12.8 Å². The van der Waals surface area contributed by atoms with Gasteiger partial charge in [0.05, 0.1) is 0 Å². The monoisotopic (exact) mass is 210 g/mol. The molecule has 2 nitrogen and oxygen atoms in total. The van der Waals surface area contributed by atoms with Crippen LogP contribution in [0.3, 0.4) is 0 Å². The van der Waals surface area contributed by atoms with Gasteiger partial charge in [-0.25, -0.2) is 0 Å². The molecule has 0 radical (unpaired) electrons. The number of nitrogens with zero attached hydrogens (tertiary/aromatic N) is 1. The van der Waals surface area contributed by atoms with Crippen LogP contribution in [0.25, 0.3) is 0 Å². The first-order chi connectivity index (χ1) is 7.07. The van der Waals surface area contributed by atoms with E-state index in [9.17, 15) is 0 Å². The van der Waals surface area contributed by atoms with Gasteiger partial charge in [-0.3, -0.25) is 4.90 Å². The first kappa shape index (κ1) is 11.4. The number of nitrogens with one attached hydrogen (secondary N) is 1. The van der Waals surface area contributed by atoms with E-state index in [0.717, 1.165) is 18.5 Å². The van der Waals surface area contributed by atoms with Crippen LogP contribution in [0.5, 0.6) is 0 Å². The summed E-state index contributed by atoms with van der Waals surface area (Å²) in [6.45, 7) is 10.6. The fourth-order valence-electron chi connectivity index (χ4n) is 2.56. The summed E-state index contributed by atoms with van der Waals surface area (Å²) in [5.74, 6) is 1.09. The van der Waals surface area contributed by atoms with E-state index in [4.69, 9.17) is 0 Å². The predicted molar refractivity (Wildman–Crippen MR) is 65.1 cm³/mol. The van der Waals surface area contributed by atoms with Crippen LogP contribution in [0.2, 0.25) is 0 Å². The maximum Gasteiger partial charge on any atom is 0.0252 e. The van der Waals surface area contributed by atoms with E-state index in [1.807, 2.05) is 0 Å². The summed E-state index contributed by atoms with van der Waals surface area (Å²) < 4.78 is 0. The lowest BCUT2D eigenvalue weighted by molar-refractivity contribution is 0.102. The highest BCUT2D eigenvalue weighted by Crippen LogP contribution is 2.33. The normalized spacial score (nSPS) is 31.8. The first-order valence-corrected chi connectivity index (χ1v) is 6.56. The summed E-state index contributed by atoms with van der Waals surface area (Å²) in [6.07, 6.45) is 5.88. The molecule has 2 rings (SSSR count). The maximum absolute atomic E-state index is 3.61. The van der Waals surface area contributed by atoms with Crippen LogP contribution in [-0.2, 0) is 0 Å². The van der Waals surface area contributed by atoms with E-state index in [0.29, 0.717) is 5.54 Å². The lowest BCUT2D eigenvalue weighted by Gasteiger charge is -2.43. The van der Waals surface area contributed by atoms with Crippen LogP contribution < -0.4 is 5.32 Å². The SMILES string of the molecule is CC1CNC(C)(C)CN1CCCC1CC1. The summed E-state index contributed by atoms with van der Waals surface area (Å²) in [4.78, 5) is 2.67. The van der Waals surface area contributed by atoms with Crippen molar-refractivity contribution in [3.05, 3.63) is 0 Å². The molecule has 0 aromatic carbocycles. The molecule has 0 amide bonds. The van der Waals surface area contributed by atoms with Crippen molar-refractivity contribution in [1.82, 2.24) is 10.2 Å². The van der Waals surface area contributed by atoms with E-state index in [2.05, 4.69) is 31.0 Å². The lowest BCUT2D eigenvalue weighted by atomic mass is 9.99. The van der Waals surface area contributed by atoms with E-state index in [1.54, 1.807) is 0 Å². The fourth-order valence-corrected chi connectivity index (χ4v) is 2.56. The van der Waals surface area contributed by atoms with Crippen molar-refractivity contribution in [1.29, 1.82) is 0 Å². The van der Waals surface area contributed by atoms with Crippen molar-refractivity contribution in [3.8, 4) is 0 Å². The minimum absolute atomic E-state index is 0.312. The largest absolute Gasteiger partial charge is 0.309 e. The molecule has 0 bridgehead atoms. The highest BCUT2D eigenvalue weighted by Gasteiger charge is 2.30. The summed E-state index contributed by atoms with van der Waals surface area (Å²) >= 11 is 0. The zero-order valence-corrected chi connectivity index (χ0v) is 10.6. The Labute approximate surface area is 94.4 Å². The number of rotatable bonds is 4. The molecule has 2 aliphatic rings. The zero-order chi connectivity index (χ0) is 10.9. The van der Waals surface area contributed by atoms with E-state index < -0.39 is 0 Å². The molecule has 88 valence electrons. The van der Waals surface area contributed by atoms with Crippen molar-refractivity contribution in [2.24, 2.45) is 5.92 Å². The van der Waals surface area contributed by atoms with Crippen molar-refractivity contribution in [2.75, 3.05) is 19.6 Å². The summed E-state index contributed by atoms with van der Waals surface area (Å²) in [5.41, 5.74) is 0.312. The molecule has 1 unspecified atom stereocenters. The molecule has 1 aliphatic carbocycles. The molecule has 0 aromatic rings. The summed E-state index contributed by atoms with van der Waals surface area (Å²) in [5, 5.41) is 3.61. The second-order valence-corrected chi connectivity index (χ2v) is 6.17. The van der Waals surface area contributed by atoms with Gasteiger partial charge in [-0.05, 0) is 46.1 Å². The van der Waals surface area contributed by atoms with Gasteiger partial charge in [0.2, 0.25) is 0 Å². The smallest absolute Gasteiger partial charge is 0.0252 e. The Morgan fingerprint density at radius 2 is 2.07 bits per heavy atom. The third-order valence-corrected chi connectivity index (χ3v) is 3.85. The number of hydrogen-bond acceptors (Lipinski definition) is 2. The highest BCUT2D eigenvalue weighted by molar-refractivity contribution is 4.90. The molecule has 1 heterocycles. The summed E-state index contributed by atoms with van der Waals surface area (Å²) in [6, 6.07) is 0.720. The highest BCUT2D eigenvalue weighted by atomic mass is 15.2.